The number of ether oxygens (including phenoxy) is 1. The van der Waals surface area contributed by atoms with Gasteiger partial charge in [-0.3, -0.25) is 4.79 Å². The van der Waals surface area contributed by atoms with Gasteiger partial charge in [0.2, 0.25) is 0 Å². The number of hydrogen-bond acceptors (Lipinski definition) is 2. The van der Waals surface area contributed by atoms with Crippen LogP contribution in [-0.2, 0) is 6.61 Å². The Balaban J connectivity index is 0.00000300. The summed E-state index contributed by atoms with van der Waals surface area (Å²) >= 11 is 0. The number of hydrogen-bond donors (Lipinski definition) is 0. The van der Waals surface area contributed by atoms with Gasteiger partial charge in [0.25, 0.3) is 0 Å². The Morgan fingerprint density at radius 2 is 1.52 bits per heavy atom. The van der Waals surface area contributed by atoms with E-state index in [-0.39, 0.29) is 33.0 Å². The molecule has 0 bridgehead atoms. The summed E-state index contributed by atoms with van der Waals surface area (Å²) in [7, 11) is 0.117. The van der Waals surface area contributed by atoms with E-state index in [0.717, 1.165) is 38.9 Å². The molecule has 0 aromatic heterocycles. The van der Waals surface area contributed by atoms with Crippen molar-refractivity contribution in [3.8, 4) is 5.75 Å². The SMILES string of the molecule is Cc1cc(OCc2ccccc2)ccc1PC(=O)c1c(C)cc(C)c(C)c1C.[Li]. The Morgan fingerprint density at radius 1 is 0.828 bits per heavy atom. The maximum absolute atomic E-state index is 13.0. The van der Waals surface area contributed by atoms with Crippen LogP contribution in [0.5, 0.6) is 5.75 Å². The summed E-state index contributed by atoms with van der Waals surface area (Å²) in [6, 6.07) is 18.3. The predicted octanol–water partition coefficient (Wildman–Crippen LogP) is 5.57. The Bertz CT molecular complexity index is 1010. The summed E-state index contributed by atoms with van der Waals surface area (Å²) in [5.74, 6) is 0.834. The zero-order valence-electron chi connectivity index (χ0n) is 18.2. The van der Waals surface area contributed by atoms with Crippen LogP contribution in [0.4, 0.5) is 0 Å². The normalized spacial score (nSPS) is 10.8. The fourth-order valence-corrected chi connectivity index (χ4v) is 4.62. The van der Waals surface area contributed by atoms with Crippen LogP contribution in [0.1, 0.15) is 43.7 Å². The van der Waals surface area contributed by atoms with Crippen LogP contribution in [0.3, 0.4) is 0 Å². The third kappa shape index (κ3) is 5.61. The predicted molar refractivity (Wildman–Crippen MR) is 125 cm³/mol. The van der Waals surface area contributed by atoms with Gasteiger partial charge in [0.15, 0.2) is 5.52 Å². The Morgan fingerprint density at radius 3 is 2.17 bits per heavy atom. The van der Waals surface area contributed by atoms with Crippen molar-refractivity contribution < 1.29 is 9.53 Å². The van der Waals surface area contributed by atoms with Crippen molar-refractivity contribution in [1.29, 1.82) is 0 Å². The van der Waals surface area contributed by atoms with E-state index in [4.69, 9.17) is 4.74 Å². The van der Waals surface area contributed by atoms with Gasteiger partial charge in [0.05, 0.1) is 0 Å². The van der Waals surface area contributed by atoms with Crippen LogP contribution in [-0.4, -0.2) is 24.4 Å². The van der Waals surface area contributed by atoms with Crippen LogP contribution < -0.4 is 10.0 Å². The molecule has 3 aromatic carbocycles. The van der Waals surface area contributed by atoms with E-state index in [1.165, 1.54) is 11.1 Å². The fraction of sp³-hybridized carbons (Fsp3) is 0.240. The molecule has 3 rings (SSSR count). The number of carbonyl (C=O) groups excluding carboxylic acids is 1. The Labute approximate surface area is 188 Å². The van der Waals surface area contributed by atoms with E-state index < -0.39 is 0 Å². The van der Waals surface area contributed by atoms with E-state index in [0.29, 0.717) is 6.61 Å². The van der Waals surface area contributed by atoms with Gasteiger partial charge in [-0.05, 0) is 94.0 Å². The van der Waals surface area contributed by atoms with Gasteiger partial charge < -0.3 is 4.74 Å². The first-order valence-electron chi connectivity index (χ1n) is 9.53. The first kappa shape index (κ1) is 23.4. The average molecular weight is 397 g/mol. The van der Waals surface area contributed by atoms with Crippen molar-refractivity contribution >= 4 is 38.3 Å². The number of rotatable bonds is 6. The molecular weight excluding hydrogens is 370 g/mol. The monoisotopic (exact) mass is 397 g/mol. The van der Waals surface area contributed by atoms with Crippen molar-refractivity contribution in [1.82, 2.24) is 0 Å². The van der Waals surface area contributed by atoms with Crippen molar-refractivity contribution in [2.24, 2.45) is 0 Å². The molecule has 2 nitrogen and oxygen atoms in total. The zero-order valence-corrected chi connectivity index (χ0v) is 19.2. The molecule has 0 aliphatic carbocycles. The second-order valence-corrected chi connectivity index (χ2v) is 8.58. The summed E-state index contributed by atoms with van der Waals surface area (Å²) < 4.78 is 5.90. The molecule has 0 N–H and O–H groups in total. The maximum atomic E-state index is 13.0. The minimum absolute atomic E-state index is 0. The first-order chi connectivity index (χ1) is 13.4. The molecule has 145 valence electrons. The molecule has 4 heteroatoms. The second kappa shape index (κ2) is 10.3. The fourth-order valence-electron chi connectivity index (χ4n) is 3.43. The van der Waals surface area contributed by atoms with E-state index in [1.54, 1.807) is 0 Å². The Hall–Kier alpha value is -1.84. The number of benzene rings is 3. The van der Waals surface area contributed by atoms with Crippen LogP contribution in [0, 0.1) is 34.6 Å². The van der Waals surface area contributed by atoms with Crippen molar-refractivity contribution in [3.05, 3.63) is 93.5 Å². The molecular formula is C25H27LiO2P. The van der Waals surface area contributed by atoms with Gasteiger partial charge in [-0.25, -0.2) is 0 Å². The van der Waals surface area contributed by atoms with Gasteiger partial charge in [0, 0.05) is 24.4 Å². The smallest absolute Gasteiger partial charge is 0.186 e. The zero-order chi connectivity index (χ0) is 20.3. The number of aryl methyl sites for hydroxylation is 3. The van der Waals surface area contributed by atoms with Crippen LogP contribution in [0.2, 0.25) is 0 Å². The Kier molecular flexibility index (Phi) is 8.30. The molecule has 1 unspecified atom stereocenters. The molecule has 1 atom stereocenters. The van der Waals surface area contributed by atoms with Crippen molar-refractivity contribution in [3.63, 3.8) is 0 Å². The molecule has 1 radical (unpaired) electrons. The van der Waals surface area contributed by atoms with Crippen LogP contribution in [0.15, 0.2) is 54.6 Å². The van der Waals surface area contributed by atoms with E-state index >= 15 is 0 Å². The maximum Gasteiger partial charge on any atom is 0.186 e. The minimum Gasteiger partial charge on any atom is -0.489 e. The topological polar surface area (TPSA) is 26.3 Å². The summed E-state index contributed by atoms with van der Waals surface area (Å²) in [6.07, 6.45) is 0. The molecule has 0 saturated carbocycles. The summed E-state index contributed by atoms with van der Waals surface area (Å²) in [5, 5.41) is 1.08. The van der Waals surface area contributed by atoms with Gasteiger partial charge in [0.1, 0.15) is 12.4 Å². The minimum atomic E-state index is 0. The molecule has 0 heterocycles. The van der Waals surface area contributed by atoms with Crippen molar-refractivity contribution in [2.75, 3.05) is 0 Å². The molecule has 0 aliphatic rings. The van der Waals surface area contributed by atoms with Gasteiger partial charge in [-0.2, -0.15) is 0 Å². The average Bonchev–Trinajstić information content (AvgIpc) is 2.67. The van der Waals surface area contributed by atoms with Crippen LogP contribution in [0.25, 0.3) is 0 Å². The molecule has 0 spiro atoms. The summed E-state index contributed by atoms with van der Waals surface area (Å²) in [5.41, 5.74) is 7.95. The van der Waals surface area contributed by atoms with Crippen LogP contribution >= 0.6 is 8.58 Å². The quantitative estimate of drug-likeness (QED) is 0.401. The standard InChI is InChI=1S/C25H27O2P.Li/c1-16-13-18(3)24(20(5)19(16)4)25(26)28-23-12-11-22(14-17(23)2)27-15-21-9-7-6-8-10-21;/h6-14,28H,15H2,1-5H3;. The summed E-state index contributed by atoms with van der Waals surface area (Å²) in [6.45, 7) is 10.9. The van der Waals surface area contributed by atoms with Crippen molar-refractivity contribution in [2.45, 2.75) is 41.2 Å². The van der Waals surface area contributed by atoms with Gasteiger partial charge in [-0.15, -0.1) is 0 Å². The number of carbonyl (C=O) groups is 1. The first-order valence-corrected chi connectivity index (χ1v) is 10.5. The molecule has 0 aliphatic heterocycles. The molecule has 0 saturated heterocycles. The summed E-state index contributed by atoms with van der Waals surface area (Å²) in [4.78, 5) is 13.0. The molecule has 29 heavy (non-hydrogen) atoms. The van der Waals surface area contributed by atoms with E-state index in [9.17, 15) is 4.79 Å². The van der Waals surface area contributed by atoms with E-state index in [2.05, 4.69) is 39.0 Å². The van der Waals surface area contributed by atoms with Gasteiger partial charge in [-0.1, -0.05) is 42.5 Å². The van der Waals surface area contributed by atoms with E-state index in [1.807, 2.05) is 50.2 Å². The third-order valence-electron chi connectivity index (χ3n) is 5.28. The second-order valence-electron chi connectivity index (χ2n) is 7.34. The largest absolute Gasteiger partial charge is 0.489 e. The molecule has 0 amide bonds. The third-order valence-corrected chi connectivity index (χ3v) is 6.59. The van der Waals surface area contributed by atoms with Gasteiger partial charge >= 0.3 is 0 Å². The molecule has 3 aromatic rings. The molecule has 0 fully saturated rings.